The molecule has 0 saturated heterocycles. The number of carbonyl (C=O) groups excluding carboxylic acids is 1. The van der Waals surface area contributed by atoms with E-state index in [2.05, 4.69) is 10.5 Å². The number of nitrogens with zero attached hydrogens (tertiary/aromatic N) is 1. The summed E-state index contributed by atoms with van der Waals surface area (Å²) in [6.45, 7) is 0.00711. The molecule has 2 aromatic heterocycles. The van der Waals surface area contributed by atoms with Crippen molar-refractivity contribution >= 4 is 22.8 Å². The summed E-state index contributed by atoms with van der Waals surface area (Å²) in [5, 5.41) is 7.23. The molecule has 0 unspecified atom stereocenters. The van der Waals surface area contributed by atoms with Crippen molar-refractivity contribution in [3.63, 3.8) is 0 Å². The largest absolute Gasteiger partial charge is 0.464 e. The Hall–Kier alpha value is -3.75. The maximum atomic E-state index is 12.7. The second-order valence-corrected chi connectivity index (χ2v) is 6.29. The summed E-state index contributed by atoms with van der Waals surface area (Å²) in [7, 11) is 0. The van der Waals surface area contributed by atoms with Gasteiger partial charge in [0.1, 0.15) is 23.1 Å². The van der Waals surface area contributed by atoms with Crippen molar-refractivity contribution in [2.24, 2.45) is 0 Å². The average molecular weight is 401 g/mol. The van der Waals surface area contributed by atoms with Gasteiger partial charge in [0, 0.05) is 11.9 Å². The number of benzene rings is 2. The number of nitrogens with two attached hydrogens (primary N) is 1. The van der Waals surface area contributed by atoms with Gasteiger partial charge < -0.3 is 20.0 Å². The monoisotopic (exact) mass is 401 g/mol. The molecule has 0 fully saturated rings. The molecule has 4 rings (SSSR count). The highest BCUT2D eigenvalue weighted by Gasteiger charge is 2.30. The van der Waals surface area contributed by atoms with Crippen LogP contribution < -0.4 is 11.1 Å². The van der Waals surface area contributed by atoms with Crippen molar-refractivity contribution in [3.8, 4) is 11.3 Å². The molecule has 2 aromatic carbocycles. The number of para-hydroxylation sites is 1. The highest BCUT2D eigenvalue weighted by Crippen LogP contribution is 2.34. The third kappa shape index (κ3) is 3.54. The van der Waals surface area contributed by atoms with Crippen molar-refractivity contribution in [2.75, 3.05) is 5.73 Å². The molecule has 1 amide bonds. The Kier molecular flexibility index (Phi) is 4.50. The second-order valence-electron chi connectivity index (χ2n) is 6.29. The molecular weight excluding hydrogens is 387 g/mol. The Labute approximate surface area is 162 Å². The lowest BCUT2D eigenvalue weighted by Gasteiger charge is -2.08. The fourth-order valence-electron chi connectivity index (χ4n) is 2.95. The van der Waals surface area contributed by atoms with Crippen molar-refractivity contribution < 1.29 is 26.9 Å². The smallest absolute Gasteiger partial charge is 0.416 e. The Morgan fingerprint density at radius 2 is 1.83 bits per heavy atom. The summed E-state index contributed by atoms with van der Waals surface area (Å²) < 4.78 is 48.4. The summed E-state index contributed by atoms with van der Waals surface area (Å²) in [5.74, 6) is -0.737. The van der Waals surface area contributed by atoms with Gasteiger partial charge in [-0.1, -0.05) is 35.5 Å². The van der Waals surface area contributed by atoms with Gasteiger partial charge in [-0.05, 0) is 23.8 Å². The van der Waals surface area contributed by atoms with Gasteiger partial charge in [0.25, 0.3) is 5.91 Å². The fraction of sp³-hybridized carbons (Fsp3) is 0.100. The molecule has 0 aliphatic heterocycles. The first-order valence-electron chi connectivity index (χ1n) is 8.50. The van der Waals surface area contributed by atoms with E-state index in [4.69, 9.17) is 14.7 Å². The number of carbonyl (C=O) groups is 1. The van der Waals surface area contributed by atoms with Crippen molar-refractivity contribution in [1.29, 1.82) is 0 Å². The van der Waals surface area contributed by atoms with E-state index in [0.717, 1.165) is 17.5 Å². The number of nitrogens with one attached hydrogen (secondary N) is 1. The van der Waals surface area contributed by atoms with Crippen LogP contribution in [0.25, 0.3) is 22.2 Å². The lowest BCUT2D eigenvalue weighted by Crippen LogP contribution is -2.24. The van der Waals surface area contributed by atoms with E-state index in [1.165, 1.54) is 18.4 Å². The SMILES string of the molecule is Nc1onc(-c2coc3ccccc23)c1C(=O)NCc1ccc(C(F)(F)F)cc1. The maximum absolute atomic E-state index is 12.7. The van der Waals surface area contributed by atoms with Crippen LogP contribution in [0.4, 0.5) is 19.1 Å². The number of rotatable bonds is 4. The van der Waals surface area contributed by atoms with Crippen LogP contribution in [0.2, 0.25) is 0 Å². The zero-order valence-corrected chi connectivity index (χ0v) is 14.8. The van der Waals surface area contributed by atoms with Crippen LogP contribution in [-0.4, -0.2) is 11.1 Å². The zero-order chi connectivity index (χ0) is 20.6. The van der Waals surface area contributed by atoms with E-state index in [-0.39, 0.29) is 23.7 Å². The van der Waals surface area contributed by atoms with Gasteiger partial charge in [0.15, 0.2) is 0 Å². The van der Waals surface area contributed by atoms with Crippen LogP contribution >= 0.6 is 0 Å². The van der Waals surface area contributed by atoms with E-state index >= 15 is 0 Å². The van der Waals surface area contributed by atoms with Crippen LogP contribution in [0.3, 0.4) is 0 Å². The Morgan fingerprint density at radius 3 is 2.55 bits per heavy atom. The molecule has 0 bridgehead atoms. The van der Waals surface area contributed by atoms with Crippen molar-refractivity contribution in [1.82, 2.24) is 10.5 Å². The van der Waals surface area contributed by atoms with Crippen LogP contribution in [0.5, 0.6) is 0 Å². The van der Waals surface area contributed by atoms with Crippen molar-refractivity contribution in [3.05, 3.63) is 71.5 Å². The topological polar surface area (TPSA) is 94.3 Å². The van der Waals surface area contributed by atoms with Crippen LogP contribution in [-0.2, 0) is 12.7 Å². The molecule has 3 N–H and O–H groups in total. The number of aromatic nitrogens is 1. The quantitative estimate of drug-likeness (QED) is 0.520. The van der Waals surface area contributed by atoms with Gasteiger partial charge in [0.2, 0.25) is 5.88 Å². The molecular formula is C20H14F3N3O3. The number of anilines is 1. The summed E-state index contributed by atoms with van der Waals surface area (Å²) in [6, 6.07) is 11.7. The van der Waals surface area contributed by atoms with E-state index in [9.17, 15) is 18.0 Å². The van der Waals surface area contributed by atoms with Gasteiger partial charge in [-0.2, -0.15) is 13.2 Å². The third-order valence-corrected chi connectivity index (χ3v) is 4.42. The molecule has 6 nitrogen and oxygen atoms in total. The number of halogens is 3. The van der Waals surface area contributed by atoms with E-state index in [1.54, 1.807) is 6.07 Å². The minimum absolute atomic E-state index is 0.00711. The Bertz CT molecular complexity index is 1180. The molecule has 0 aliphatic rings. The van der Waals surface area contributed by atoms with Gasteiger partial charge in [-0.15, -0.1) is 0 Å². The molecule has 0 atom stereocenters. The molecule has 2 heterocycles. The predicted molar refractivity (Wildman–Crippen MR) is 98.7 cm³/mol. The van der Waals surface area contributed by atoms with Gasteiger partial charge >= 0.3 is 6.18 Å². The van der Waals surface area contributed by atoms with Gasteiger partial charge in [-0.25, -0.2) is 0 Å². The summed E-state index contributed by atoms with van der Waals surface area (Å²) in [5.41, 5.74) is 6.93. The molecule has 148 valence electrons. The normalized spacial score (nSPS) is 11.7. The number of amides is 1. The molecule has 0 aliphatic carbocycles. The molecule has 0 saturated carbocycles. The number of furan rings is 1. The number of fused-ring (bicyclic) bond motifs is 1. The summed E-state index contributed by atoms with van der Waals surface area (Å²) in [4.78, 5) is 12.7. The number of nitrogen functional groups attached to an aromatic ring is 1. The summed E-state index contributed by atoms with van der Waals surface area (Å²) in [6.07, 6.45) is -2.96. The van der Waals surface area contributed by atoms with Crippen LogP contribution in [0, 0.1) is 0 Å². The van der Waals surface area contributed by atoms with Gasteiger partial charge in [0.05, 0.1) is 11.1 Å². The fourth-order valence-corrected chi connectivity index (χ4v) is 2.95. The molecule has 0 radical (unpaired) electrons. The predicted octanol–water partition coefficient (Wildman–Crippen LogP) is 4.62. The van der Waals surface area contributed by atoms with E-state index < -0.39 is 17.6 Å². The first-order valence-corrected chi connectivity index (χ1v) is 8.50. The van der Waals surface area contributed by atoms with Crippen LogP contribution in [0.1, 0.15) is 21.5 Å². The molecule has 29 heavy (non-hydrogen) atoms. The first kappa shape index (κ1) is 18.6. The Balaban J connectivity index is 1.56. The average Bonchev–Trinajstić information content (AvgIpc) is 3.29. The van der Waals surface area contributed by atoms with Crippen LogP contribution in [0.15, 0.2) is 63.7 Å². The highest BCUT2D eigenvalue weighted by molar-refractivity contribution is 6.06. The summed E-state index contributed by atoms with van der Waals surface area (Å²) >= 11 is 0. The van der Waals surface area contributed by atoms with E-state index in [1.807, 2.05) is 18.2 Å². The third-order valence-electron chi connectivity index (χ3n) is 4.42. The lowest BCUT2D eigenvalue weighted by molar-refractivity contribution is -0.137. The minimum atomic E-state index is -4.42. The number of hydrogen-bond acceptors (Lipinski definition) is 5. The second kappa shape index (κ2) is 7.01. The van der Waals surface area contributed by atoms with E-state index in [0.29, 0.717) is 16.7 Å². The Morgan fingerprint density at radius 1 is 1.10 bits per heavy atom. The first-order chi connectivity index (χ1) is 13.8. The standard InChI is InChI=1S/C20H14F3N3O3/c21-20(22,23)12-7-5-11(6-8-12)9-25-19(27)16-17(26-29-18(16)24)14-10-28-15-4-2-1-3-13(14)15/h1-8,10H,9,24H2,(H,25,27). The zero-order valence-electron chi connectivity index (χ0n) is 14.8. The molecule has 9 heteroatoms. The van der Waals surface area contributed by atoms with Crippen molar-refractivity contribution in [2.45, 2.75) is 12.7 Å². The highest BCUT2D eigenvalue weighted by atomic mass is 19.4. The molecule has 4 aromatic rings. The molecule has 0 spiro atoms. The van der Waals surface area contributed by atoms with Gasteiger partial charge in [-0.3, -0.25) is 4.79 Å². The minimum Gasteiger partial charge on any atom is -0.464 e. The maximum Gasteiger partial charge on any atom is 0.416 e. The lowest BCUT2D eigenvalue weighted by atomic mass is 10.1. The number of alkyl halides is 3. The number of hydrogen-bond donors (Lipinski definition) is 2.